The normalized spacial score (nSPS) is 10.1. The maximum absolute atomic E-state index is 12.0. The number of carbonyl (C=O) groups is 1. The second-order valence-corrected chi connectivity index (χ2v) is 4.44. The first-order valence-electron chi connectivity index (χ1n) is 6.06. The van der Waals surface area contributed by atoms with Gasteiger partial charge in [0.15, 0.2) is 5.78 Å². The van der Waals surface area contributed by atoms with Crippen molar-refractivity contribution in [3.8, 4) is 0 Å². The number of rotatable bonds is 4. The summed E-state index contributed by atoms with van der Waals surface area (Å²) in [5, 5.41) is 3.13. The standard InChI is InChI=1S/C16H17NO/c1-12-8-9-14(10-13(12)2)16(18)11-17-15-6-4-3-5-7-15/h3-10,17H,11H2,1-2H3. The lowest BCUT2D eigenvalue weighted by atomic mass is 10.0. The number of carbonyl (C=O) groups excluding carboxylic acids is 1. The molecule has 0 aliphatic heterocycles. The van der Waals surface area contributed by atoms with Crippen molar-refractivity contribution in [2.75, 3.05) is 11.9 Å². The molecular formula is C16H17NO. The number of hydrogen-bond acceptors (Lipinski definition) is 2. The molecule has 0 radical (unpaired) electrons. The zero-order chi connectivity index (χ0) is 13.0. The number of aryl methyl sites for hydroxylation is 2. The average molecular weight is 239 g/mol. The van der Waals surface area contributed by atoms with Gasteiger partial charge in [-0.25, -0.2) is 0 Å². The summed E-state index contributed by atoms with van der Waals surface area (Å²) >= 11 is 0. The van der Waals surface area contributed by atoms with E-state index in [-0.39, 0.29) is 5.78 Å². The van der Waals surface area contributed by atoms with E-state index in [0.717, 1.165) is 16.8 Å². The minimum absolute atomic E-state index is 0.113. The third-order valence-corrected chi connectivity index (χ3v) is 3.06. The van der Waals surface area contributed by atoms with Gasteiger partial charge in [-0.15, -0.1) is 0 Å². The number of anilines is 1. The van der Waals surface area contributed by atoms with Crippen LogP contribution in [0.4, 0.5) is 5.69 Å². The van der Waals surface area contributed by atoms with Gasteiger partial charge in [0.25, 0.3) is 0 Å². The molecule has 0 saturated heterocycles. The third kappa shape index (κ3) is 2.98. The van der Waals surface area contributed by atoms with Crippen LogP contribution in [0.3, 0.4) is 0 Å². The fourth-order valence-electron chi connectivity index (χ4n) is 1.76. The lowest BCUT2D eigenvalue weighted by molar-refractivity contribution is 0.101. The summed E-state index contributed by atoms with van der Waals surface area (Å²) in [6, 6.07) is 15.6. The van der Waals surface area contributed by atoms with Crippen LogP contribution in [0, 0.1) is 13.8 Å². The fourth-order valence-corrected chi connectivity index (χ4v) is 1.76. The van der Waals surface area contributed by atoms with Gasteiger partial charge in [0.2, 0.25) is 0 Å². The molecule has 0 atom stereocenters. The van der Waals surface area contributed by atoms with Crippen molar-refractivity contribution >= 4 is 11.5 Å². The molecule has 18 heavy (non-hydrogen) atoms. The summed E-state index contributed by atoms with van der Waals surface area (Å²) < 4.78 is 0. The van der Waals surface area contributed by atoms with Crippen LogP contribution in [0.1, 0.15) is 21.5 Å². The van der Waals surface area contributed by atoms with Crippen LogP contribution >= 0.6 is 0 Å². The monoisotopic (exact) mass is 239 g/mol. The molecule has 0 aliphatic rings. The number of nitrogens with one attached hydrogen (secondary N) is 1. The van der Waals surface area contributed by atoms with Crippen molar-refractivity contribution in [2.24, 2.45) is 0 Å². The summed E-state index contributed by atoms with van der Waals surface area (Å²) in [4.78, 5) is 12.0. The van der Waals surface area contributed by atoms with E-state index in [1.165, 1.54) is 5.56 Å². The smallest absolute Gasteiger partial charge is 0.181 e. The van der Waals surface area contributed by atoms with Gasteiger partial charge in [-0.2, -0.15) is 0 Å². The summed E-state index contributed by atoms with van der Waals surface area (Å²) in [6.07, 6.45) is 0. The number of para-hydroxylation sites is 1. The number of benzene rings is 2. The van der Waals surface area contributed by atoms with Crippen molar-refractivity contribution in [1.29, 1.82) is 0 Å². The predicted octanol–water partition coefficient (Wildman–Crippen LogP) is 3.60. The van der Waals surface area contributed by atoms with Crippen LogP contribution in [-0.2, 0) is 0 Å². The van der Waals surface area contributed by atoms with E-state index in [1.54, 1.807) is 0 Å². The van der Waals surface area contributed by atoms with E-state index in [2.05, 4.69) is 5.32 Å². The molecule has 0 heterocycles. The first-order chi connectivity index (χ1) is 8.66. The van der Waals surface area contributed by atoms with Gasteiger partial charge in [0, 0.05) is 11.3 Å². The summed E-state index contributed by atoms with van der Waals surface area (Å²) in [5.41, 5.74) is 4.10. The average Bonchev–Trinajstić information content (AvgIpc) is 2.40. The molecule has 0 aliphatic carbocycles. The molecule has 2 nitrogen and oxygen atoms in total. The highest BCUT2D eigenvalue weighted by Gasteiger charge is 2.06. The summed E-state index contributed by atoms with van der Waals surface area (Å²) in [7, 11) is 0. The van der Waals surface area contributed by atoms with Crippen molar-refractivity contribution in [1.82, 2.24) is 0 Å². The van der Waals surface area contributed by atoms with Gasteiger partial charge in [0.05, 0.1) is 6.54 Å². The minimum atomic E-state index is 0.113. The molecule has 2 aromatic rings. The molecule has 0 amide bonds. The van der Waals surface area contributed by atoms with E-state index < -0.39 is 0 Å². The Balaban J connectivity index is 2.02. The summed E-state index contributed by atoms with van der Waals surface area (Å²) in [5.74, 6) is 0.113. The van der Waals surface area contributed by atoms with Crippen LogP contribution in [0.25, 0.3) is 0 Å². The van der Waals surface area contributed by atoms with Crippen molar-refractivity contribution in [3.05, 3.63) is 65.2 Å². The maximum Gasteiger partial charge on any atom is 0.181 e. The van der Waals surface area contributed by atoms with Crippen LogP contribution in [-0.4, -0.2) is 12.3 Å². The minimum Gasteiger partial charge on any atom is -0.378 e. The van der Waals surface area contributed by atoms with Crippen LogP contribution in [0.2, 0.25) is 0 Å². The molecule has 2 aromatic carbocycles. The molecule has 92 valence electrons. The molecule has 0 saturated carbocycles. The molecule has 0 aromatic heterocycles. The van der Waals surface area contributed by atoms with E-state index >= 15 is 0 Å². The molecule has 0 unspecified atom stereocenters. The molecule has 0 spiro atoms. The maximum atomic E-state index is 12.0. The van der Waals surface area contributed by atoms with E-state index in [4.69, 9.17) is 0 Å². The Morgan fingerprint density at radius 1 is 1.00 bits per heavy atom. The van der Waals surface area contributed by atoms with Crippen LogP contribution < -0.4 is 5.32 Å². The Morgan fingerprint density at radius 2 is 1.72 bits per heavy atom. The molecule has 0 fully saturated rings. The van der Waals surface area contributed by atoms with E-state index in [1.807, 2.05) is 62.4 Å². The third-order valence-electron chi connectivity index (χ3n) is 3.06. The molecule has 1 N–H and O–H groups in total. The first-order valence-corrected chi connectivity index (χ1v) is 6.06. The molecular weight excluding hydrogens is 222 g/mol. The van der Waals surface area contributed by atoms with Gasteiger partial charge in [-0.1, -0.05) is 30.3 Å². The zero-order valence-electron chi connectivity index (χ0n) is 10.7. The predicted molar refractivity (Wildman–Crippen MR) is 75.2 cm³/mol. The highest BCUT2D eigenvalue weighted by molar-refractivity contribution is 5.99. The lowest BCUT2D eigenvalue weighted by Gasteiger charge is -2.07. The molecule has 2 rings (SSSR count). The number of Topliss-reactive ketones (excluding diaryl/α,β-unsaturated/α-hetero) is 1. The van der Waals surface area contributed by atoms with Gasteiger partial charge >= 0.3 is 0 Å². The topological polar surface area (TPSA) is 29.1 Å². The number of hydrogen-bond donors (Lipinski definition) is 1. The van der Waals surface area contributed by atoms with Gasteiger partial charge in [-0.3, -0.25) is 4.79 Å². The quantitative estimate of drug-likeness (QED) is 0.826. The van der Waals surface area contributed by atoms with E-state index in [9.17, 15) is 4.79 Å². The van der Waals surface area contributed by atoms with Crippen LogP contribution in [0.5, 0.6) is 0 Å². The molecule has 2 heteroatoms. The Bertz CT molecular complexity index is 546. The fraction of sp³-hybridized carbons (Fsp3) is 0.188. The highest BCUT2D eigenvalue weighted by atomic mass is 16.1. The van der Waals surface area contributed by atoms with Crippen molar-refractivity contribution in [2.45, 2.75) is 13.8 Å². The zero-order valence-corrected chi connectivity index (χ0v) is 10.7. The SMILES string of the molecule is Cc1ccc(C(=O)CNc2ccccc2)cc1C. The second-order valence-electron chi connectivity index (χ2n) is 4.44. The Morgan fingerprint density at radius 3 is 2.39 bits per heavy atom. The largest absolute Gasteiger partial charge is 0.378 e. The Labute approximate surface area is 108 Å². The Kier molecular flexibility index (Phi) is 3.78. The van der Waals surface area contributed by atoms with Gasteiger partial charge in [-0.05, 0) is 43.2 Å². The molecule has 0 bridgehead atoms. The van der Waals surface area contributed by atoms with Crippen molar-refractivity contribution in [3.63, 3.8) is 0 Å². The van der Waals surface area contributed by atoms with Crippen molar-refractivity contribution < 1.29 is 4.79 Å². The van der Waals surface area contributed by atoms with Crippen LogP contribution in [0.15, 0.2) is 48.5 Å². The lowest BCUT2D eigenvalue weighted by Crippen LogP contribution is -2.14. The summed E-state index contributed by atoms with van der Waals surface area (Å²) in [6.45, 7) is 4.40. The Hall–Kier alpha value is -2.09. The highest BCUT2D eigenvalue weighted by Crippen LogP contribution is 2.11. The van der Waals surface area contributed by atoms with Gasteiger partial charge < -0.3 is 5.32 Å². The van der Waals surface area contributed by atoms with E-state index in [0.29, 0.717) is 6.54 Å². The number of ketones is 1. The first kappa shape index (κ1) is 12.4. The van der Waals surface area contributed by atoms with Gasteiger partial charge in [0.1, 0.15) is 0 Å². The second kappa shape index (κ2) is 5.50.